The van der Waals surface area contributed by atoms with Gasteiger partial charge in [-0.25, -0.2) is 0 Å². The van der Waals surface area contributed by atoms with Crippen molar-refractivity contribution in [3.8, 4) is 0 Å². The summed E-state index contributed by atoms with van der Waals surface area (Å²) in [6, 6.07) is 3.02. The minimum Gasteiger partial charge on any atom is -0.351 e. The first-order valence-corrected chi connectivity index (χ1v) is 6.55. The van der Waals surface area contributed by atoms with Crippen molar-refractivity contribution in [3.05, 3.63) is 34.2 Å². The Bertz CT molecular complexity index is 492. The number of nitrogens with zero attached hydrogens (tertiary/aromatic N) is 2. The topological polar surface area (TPSA) is 66.4 Å². The largest absolute Gasteiger partial charge is 0.351 e. The van der Waals surface area contributed by atoms with E-state index in [2.05, 4.69) is 15.5 Å². The third-order valence-corrected chi connectivity index (χ3v) is 3.29. The molecule has 6 heteroatoms. The highest BCUT2D eigenvalue weighted by Crippen LogP contribution is 1.95. The summed E-state index contributed by atoms with van der Waals surface area (Å²) < 4.78 is 1.44. The monoisotopic (exact) mass is 264 g/mol. The van der Waals surface area contributed by atoms with E-state index >= 15 is 0 Å². The zero-order valence-corrected chi connectivity index (χ0v) is 11.2. The lowest BCUT2D eigenvalue weighted by Gasteiger charge is -2.27. The van der Waals surface area contributed by atoms with Crippen molar-refractivity contribution < 1.29 is 4.79 Å². The van der Waals surface area contributed by atoms with Gasteiger partial charge in [-0.05, 0) is 6.07 Å². The number of carbonyl (C=O) groups excluding carboxylic acids is 1. The van der Waals surface area contributed by atoms with E-state index in [0.717, 1.165) is 32.7 Å². The second kappa shape index (κ2) is 6.49. The molecule has 104 valence electrons. The Morgan fingerprint density at radius 3 is 2.84 bits per heavy atom. The van der Waals surface area contributed by atoms with Crippen molar-refractivity contribution in [2.24, 2.45) is 7.05 Å². The smallest absolute Gasteiger partial charge is 0.251 e. The molecule has 0 spiro atoms. The number of carbonyl (C=O) groups is 1. The summed E-state index contributed by atoms with van der Waals surface area (Å²) in [4.78, 5) is 25.6. The van der Waals surface area contributed by atoms with Crippen molar-refractivity contribution in [2.45, 2.75) is 0 Å². The zero-order valence-electron chi connectivity index (χ0n) is 11.2. The maximum absolute atomic E-state index is 11.9. The molecular formula is C13H20N4O2. The molecule has 19 heavy (non-hydrogen) atoms. The van der Waals surface area contributed by atoms with E-state index < -0.39 is 0 Å². The Balaban J connectivity index is 1.80. The highest BCUT2D eigenvalue weighted by Gasteiger charge is 2.10. The van der Waals surface area contributed by atoms with E-state index in [1.54, 1.807) is 19.3 Å². The van der Waals surface area contributed by atoms with E-state index in [1.165, 1.54) is 10.6 Å². The molecule has 2 heterocycles. The molecule has 1 aliphatic heterocycles. The Morgan fingerprint density at radius 1 is 1.42 bits per heavy atom. The number of aryl methyl sites for hydroxylation is 1. The van der Waals surface area contributed by atoms with Crippen LogP contribution in [-0.2, 0) is 7.05 Å². The van der Waals surface area contributed by atoms with Crippen LogP contribution in [0.1, 0.15) is 10.4 Å². The Hall–Kier alpha value is -1.66. The van der Waals surface area contributed by atoms with Crippen molar-refractivity contribution in [3.63, 3.8) is 0 Å². The van der Waals surface area contributed by atoms with E-state index in [0.29, 0.717) is 12.1 Å². The van der Waals surface area contributed by atoms with E-state index in [9.17, 15) is 9.59 Å². The Kier molecular flexibility index (Phi) is 4.70. The van der Waals surface area contributed by atoms with Crippen LogP contribution in [0.25, 0.3) is 0 Å². The second-order valence-electron chi connectivity index (χ2n) is 4.71. The molecule has 0 unspecified atom stereocenters. The van der Waals surface area contributed by atoms with Gasteiger partial charge in [0.15, 0.2) is 0 Å². The number of hydrogen-bond acceptors (Lipinski definition) is 4. The summed E-state index contributed by atoms with van der Waals surface area (Å²) in [6.07, 6.45) is 1.60. The summed E-state index contributed by atoms with van der Waals surface area (Å²) in [6.45, 7) is 5.49. The van der Waals surface area contributed by atoms with Gasteiger partial charge in [0.2, 0.25) is 0 Å². The van der Waals surface area contributed by atoms with Gasteiger partial charge in [0, 0.05) is 64.1 Å². The fraction of sp³-hybridized carbons (Fsp3) is 0.538. The van der Waals surface area contributed by atoms with Crippen LogP contribution in [0.3, 0.4) is 0 Å². The Labute approximate surface area is 112 Å². The van der Waals surface area contributed by atoms with E-state index in [-0.39, 0.29) is 11.5 Å². The summed E-state index contributed by atoms with van der Waals surface area (Å²) >= 11 is 0. The quantitative estimate of drug-likeness (QED) is 0.733. The normalized spacial score (nSPS) is 16.3. The van der Waals surface area contributed by atoms with E-state index in [4.69, 9.17) is 0 Å². The van der Waals surface area contributed by atoms with Crippen LogP contribution in [0.4, 0.5) is 0 Å². The molecule has 2 rings (SSSR count). The zero-order chi connectivity index (χ0) is 13.7. The maximum atomic E-state index is 11.9. The molecule has 0 atom stereocenters. The molecule has 1 amide bonds. The molecule has 0 saturated carbocycles. The van der Waals surface area contributed by atoms with Gasteiger partial charge >= 0.3 is 0 Å². The number of rotatable bonds is 4. The predicted octanol–water partition coefficient (Wildman–Crippen LogP) is -0.980. The number of hydrogen-bond donors (Lipinski definition) is 2. The molecule has 0 aliphatic carbocycles. The predicted molar refractivity (Wildman–Crippen MR) is 73.3 cm³/mol. The highest BCUT2D eigenvalue weighted by molar-refractivity contribution is 5.93. The first kappa shape index (κ1) is 13.8. The van der Waals surface area contributed by atoms with Crippen molar-refractivity contribution in [2.75, 3.05) is 39.3 Å². The number of amides is 1. The molecule has 0 bridgehead atoms. The molecule has 1 aromatic heterocycles. The minimum atomic E-state index is -0.187. The highest BCUT2D eigenvalue weighted by atomic mass is 16.2. The third kappa shape index (κ3) is 3.90. The van der Waals surface area contributed by atoms with Crippen LogP contribution in [0, 0.1) is 0 Å². The number of pyridine rings is 1. The maximum Gasteiger partial charge on any atom is 0.251 e. The SMILES string of the molecule is Cn1ccc(C(=O)NCCN2CCNCC2)cc1=O. The van der Waals surface area contributed by atoms with Gasteiger partial charge in [-0.15, -0.1) is 0 Å². The van der Waals surface area contributed by atoms with Gasteiger partial charge in [-0.2, -0.15) is 0 Å². The standard InChI is InChI=1S/C13H20N4O2/c1-16-6-2-11(10-12(16)18)13(19)15-5-9-17-7-3-14-4-8-17/h2,6,10,14H,3-5,7-9H2,1H3,(H,15,19). The summed E-state index contributed by atoms with van der Waals surface area (Å²) in [5.41, 5.74) is 0.248. The average molecular weight is 264 g/mol. The lowest BCUT2D eigenvalue weighted by molar-refractivity contribution is 0.0947. The van der Waals surface area contributed by atoms with Gasteiger partial charge in [0.05, 0.1) is 0 Å². The number of nitrogens with one attached hydrogen (secondary N) is 2. The molecule has 2 N–H and O–H groups in total. The molecule has 0 aromatic carbocycles. The van der Waals surface area contributed by atoms with Crippen molar-refractivity contribution >= 4 is 5.91 Å². The molecule has 1 aromatic rings. The summed E-state index contributed by atoms with van der Waals surface area (Å²) in [5, 5.41) is 6.13. The fourth-order valence-electron chi connectivity index (χ4n) is 2.05. The van der Waals surface area contributed by atoms with E-state index in [1.807, 2.05) is 0 Å². The van der Waals surface area contributed by atoms with Gasteiger partial charge in [0.1, 0.15) is 0 Å². The molecule has 1 saturated heterocycles. The molecular weight excluding hydrogens is 244 g/mol. The average Bonchev–Trinajstić information content (AvgIpc) is 2.43. The molecule has 0 radical (unpaired) electrons. The van der Waals surface area contributed by atoms with Crippen molar-refractivity contribution in [1.29, 1.82) is 0 Å². The van der Waals surface area contributed by atoms with Gasteiger partial charge in [-0.3, -0.25) is 14.5 Å². The van der Waals surface area contributed by atoms with Crippen LogP contribution in [0.2, 0.25) is 0 Å². The lowest BCUT2D eigenvalue weighted by atomic mass is 10.2. The van der Waals surface area contributed by atoms with Crippen LogP contribution in [-0.4, -0.2) is 54.6 Å². The number of aromatic nitrogens is 1. The number of piperazine rings is 1. The minimum absolute atomic E-state index is 0.172. The summed E-state index contributed by atoms with van der Waals surface area (Å²) in [7, 11) is 1.66. The Morgan fingerprint density at radius 2 is 2.16 bits per heavy atom. The third-order valence-electron chi connectivity index (χ3n) is 3.29. The second-order valence-corrected chi connectivity index (χ2v) is 4.71. The first-order valence-electron chi connectivity index (χ1n) is 6.55. The van der Waals surface area contributed by atoms with Crippen molar-refractivity contribution in [1.82, 2.24) is 20.1 Å². The summed E-state index contributed by atoms with van der Waals surface area (Å²) in [5.74, 6) is -0.187. The van der Waals surface area contributed by atoms with Crippen LogP contribution >= 0.6 is 0 Å². The van der Waals surface area contributed by atoms with Crippen LogP contribution in [0.15, 0.2) is 23.1 Å². The first-order chi connectivity index (χ1) is 9.16. The van der Waals surface area contributed by atoms with Gasteiger partial charge in [-0.1, -0.05) is 0 Å². The van der Waals surface area contributed by atoms with Crippen LogP contribution in [0.5, 0.6) is 0 Å². The fourth-order valence-corrected chi connectivity index (χ4v) is 2.05. The van der Waals surface area contributed by atoms with Gasteiger partial charge in [0.25, 0.3) is 11.5 Å². The lowest BCUT2D eigenvalue weighted by Crippen LogP contribution is -2.46. The molecule has 6 nitrogen and oxygen atoms in total. The van der Waals surface area contributed by atoms with Gasteiger partial charge < -0.3 is 15.2 Å². The molecule has 1 fully saturated rings. The van der Waals surface area contributed by atoms with Crippen LogP contribution < -0.4 is 16.2 Å². The molecule has 1 aliphatic rings.